The third-order valence-electron chi connectivity index (χ3n) is 0.782. The standard InChI is InChI=1S/C3H8ClNO3S2/c1-3-9(2,6)5-10(4,7)8/h3H2,1-2H3/t9-/m0/s1. The smallest absolute Gasteiger partial charge is 0.249 e. The van der Waals surface area contributed by atoms with E-state index in [4.69, 9.17) is 10.7 Å². The molecule has 1 atom stereocenters. The van der Waals surface area contributed by atoms with E-state index in [9.17, 15) is 12.6 Å². The molecule has 0 N–H and O–H groups in total. The van der Waals surface area contributed by atoms with Crippen LogP contribution in [0.5, 0.6) is 0 Å². The van der Waals surface area contributed by atoms with E-state index in [0.717, 1.165) is 0 Å². The first kappa shape index (κ1) is 10.2. The molecule has 0 bridgehead atoms. The van der Waals surface area contributed by atoms with Crippen LogP contribution >= 0.6 is 10.7 Å². The summed E-state index contributed by atoms with van der Waals surface area (Å²) in [6, 6.07) is 0. The lowest BCUT2D eigenvalue weighted by Crippen LogP contribution is -2.01. The molecule has 0 saturated heterocycles. The first-order valence-electron chi connectivity index (χ1n) is 2.42. The zero-order chi connectivity index (χ0) is 8.41. The molecule has 0 unspecified atom stereocenters. The van der Waals surface area contributed by atoms with Crippen molar-refractivity contribution >= 4 is 29.6 Å². The minimum Gasteiger partial charge on any atom is -0.249 e. The summed E-state index contributed by atoms with van der Waals surface area (Å²) in [5.74, 6) is 0.180. The maximum atomic E-state index is 10.9. The topological polar surface area (TPSA) is 63.6 Å². The van der Waals surface area contributed by atoms with Gasteiger partial charge in [-0.2, -0.15) is 8.42 Å². The normalized spacial score (nSPS) is 17.9. The van der Waals surface area contributed by atoms with Crippen LogP contribution in [-0.4, -0.2) is 24.6 Å². The number of hydrogen-bond donors (Lipinski definition) is 0. The third kappa shape index (κ3) is 5.01. The second-order valence-corrected chi connectivity index (χ2v) is 6.82. The predicted molar refractivity (Wildman–Crippen MR) is 41.8 cm³/mol. The van der Waals surface area contributed by atoms with Crippen LogP contribution in [0.2, 0.25) is 0 Å². The molecule has 0 spiro atoms. The summed E-state index contributed by atoms with van der Waals surface area (Å²) in [4.78, 5) is 0. The van der Waals surface area contributed by atoms with Crippen molar-refractivity contribution in [3.8, 4) is 0 Å². The van der Waals surface area contributed by atoms with Crippen LogP contribution in [-0.2, 0) is 19.0 Å². The molecular weight excluding hydrogens is 198 g/mol. The Hall–Kier alpha value is 0.190. The van der Waals surface area contributed by atoms with Crippen molar-refractivity contribution in [3.05, 3.63) is 0 Å². The van der Waals surface area contributed by atoms with Gasteiger partial charge in [-0.15, -0.1) is 0 Å². The Morgan fingerprint density at radius 3 is 1.90 bits per heavy atom. The van der Waals surface area contributed by atoms with Crippen molar-refractivity contribution in [1.82, 2.24) is 0 Å². The molecule has 0 fully saturated rings. The highest BCUT2D eigenvalue weighted by molar-refractivity contribution is 8.17. The van der Waals surface area contributed by atoms with Crippen molar-refractivity contribution in [2.75, 3.05) is 12.0 Å². The van der Waals surface area contributed by atoms with Gasteiger partial charge in [0.1, 0.15) is 0 Å². The summed E-state index contributed by atoms with van der Waals surface area (Å²) < 4.78 is 34.3. The molecule has 0 rings (SSSR count). The highest BCUT2D eigenvalue weighted by Crippen LogP contribution is 2.02. The van der Waals surface area contributed by atoms with Crippen LogP contribution in [0.15, 0.2) is 3.77 Å². The lowest BCUT2D eigenvalue weighted by Gasteiger charge is -1.94. The number of halogens is 1. The molecule has 0 aromatic rings. The van der Waals surface area contributed by atoms with E-state index >= 15 is 0 Å². The second kappa shape index (κ2) is 3.06. The fourth-order valence-corrected chi connectivity index (χ4v) is 3.24. The van der Waals surface area contributed by atoms with Gasteiger partial charge < -0.3 is 0 Å². The Balaban J connectivity index is 5.01. The van der Waals surface area contributed by atoms with Gasteiger partial charge in [-0.1, -0.05) is 10.7 Å². The molecule has 0 aliphatic carbocycles. The molecule has 0 amide bonds. The number of hydrogen-bond acceptors (Lipinski definition) is 3. The lowest BCUT2D eigenvalue weighted by molar-refractivity contribution is 0.611. The van der Waals surface area contributed by atoms with E-state index in [0.29, 0.717) is 0 Å². The fraction of sp³-hybridized carbons (Fsp3) is 1.00. The van der Waals surface area contributed by atoms with Gasteiger partial charge in [-0.3, -0.25) is 0 Å². The lowest BCUT2D eigenvalue weighted by atomic mass is 11.0. The summed E-state index contributed by atoms with van der Waals surface area (Å²) >= 11 is 0. The van der Waals surface area contributed by atoms with Crippen LogP contribution in [0.3, 0.4) is 0 Å². The summed E-state index contributed by atoms with van der Waals surface area (Å²) in [6.45, 7) is 1.58. The monoisotopic (exact) mass is 205 g/mol. The largest absolute Gasteiger partial charge is 0.347 e. The zero-order valence-corrected chi connectivity index (χ0v) is 7.96. The molecule has 62 valence electrons. The first-order valence-corrected chi connectivity index (χ1v) is 6.78. The highest BCUT2D eigenvalue weighted by atomic mass is 35.7. The Morgan fingerprint density at radius 2 is 1.80 bits per heavy atom. The molecule has 7 heteroatoms. The maximum absolute atomic E-state index is 10.9. The summed E-state index contributed by atoms with van der Waals surface area (Å²) in [6.07, 6.45) is 1.24. The van der Waals surface area contributed by atoms with E-state index in [1.165, 1.54) is 6.26 Å². The quantitative estimate of drug-likeness (QED) is 0.620. The molecule has 0 aliphatic rings. The van der Waals surface area contributed by atoms with Crippen molar-refractivity contribution < 1.29 is 12.6 Å². The fourth-order valence-electron chi connectivity index (χ4n) is 0.241. The molecule has 0 aliphatic heterocycles. The second-order valence-electron chi connectivity index (χ2n) is 1.73. The van der Waals surface area contributed by atoms with E-state index in [-0.39, 0.29) is 5.75 Å². The molecule has 0 aromatic heterocycles. The van der Waals surface area contributed by atoms with Gasteiger partial charge in [0.05, 0.1) is 9.73 Å². The molecule has 4 nitrogen and oxygen atoms in total. The van der Waals surface area contributed by atoms with Crippen LogP contribution in [0.1, 0.15) is 6.92 Å². The Kier molecular flexibility index (Phi) is 3.12. The summed E-state index contributed by atoms with van der Waals surface area (Å²) in [7, 11) is -1.87. The van der Waals surface area contributed by atoms with Crippen molar-refractivity contribution in [2.45, 2.75) is 6.92 Å². The van der Waals surface area contributed by atoms with Crippen molar-refractivity contribution in [3.63, 3.8) is 0 Å². The van der Waals surface area contributed by atoms with Gasteiger partial charge in [-0.05, 0) is 0 Å². The Bertz CT molecular complexity index is 311. The van der Waals surface area contributed by atoms with Gasteiger partial charge in [0, 0.05) is 22.7 Å². The van der Waals surface area contributed by atoms with E-state index < -0.39 is 19.0 Å². The van der Waals surface area contributed by atoms with E-state index in [2.05, 4.69) is 3.77 Å². The van der Waals surface area contributed by atoms with Crippen LogP contribution in [0.4, 0.5) is 0 Å². The molecule has 0 saturated carbocycles. The van der Waals surface area contributed by atoms with Crippen LogP contribution < -0.4 is 0 Å². The molecule has 0 radical (unpaired) electrons. The zero-order valence-electron chi connectivity index (χ0n) is 5.57. The average molecular weight is 206 g/mol. The number of nitrogens with zero attached hydrogens (tertiary/aromatic N) is 1. The minimum atomic E-state index is -3.97. The molecule has 0 heterocycles. The van der Waals surface area contributed by atoms with Gasteiger partial charge in [0.15, 0.2) is 0 Å². The SMILES string of the molecule is CC[S@](C)(=O)=NS(=O)(=O)Cl. The molecule has 10 heavy (non-hydrogen) atoms. The summed E-state index contributed by atoms with van der Waals surface area (Å²) in [5.41, 5.74) is 0. The van der Waals surface area contributed by atoms with Gasteiger partial charge >= 0.3 is 9.24 Å². The van der Waals surface area contributed by atoms with Crippen LogP contribution in [0, 0.1) is 0 Å². The average Bonchev–Trinajstić information content (AvgIpc) is 1.60. The van der Waals surface area contributed by atoms with Crippen molar-refractivity contribution in [1.29, 1.82) is 0 Å². The van der Waals surface area contributed by atoms with Gasteiger partial charge in [0.2, 0.25) is 0 Å². The minimum absolute atomic E-state index is 0.180. The van der Waals surface area contributed by atoms with E-state index in [1.807, 2.05) is 0 Å². The maximum Gasteiger partial charge on any atom is 0.347 e. The predicted octanol–water partition coefficient (Wildman–Crippen LogP) is 0.588. The third-order valence-corrected chi connectivity index (χ3v) is 4.33. The summed E-state index contributed by atoms with van der Waals surface area (Å²) in [5, 5.41) is 0. The van der Waals surface area contributed by atoms with E-state index in [1.54, 1.807) is 6.92 Å². The Morgan fingerprint density at radius 1 is 1.40 bits per heavy atom. The highest BCUT2D eigenvalue weighted by Gasteiger charge is 2.05. The Labute approximate surface area is 65.3 Å². The van der Waals surface area contributed by atoms with Crippen LogP contribution in [0.25, 0.3) is 0 Å². The van der Waals surface area contributed by atoms with Crippen molar-refractivity contribution in [2.24, 2.45) is 3.77 Å². The van der Waals surface area contributed by atoms with Gasteiger partial charge in [-0.25, -0.2) is 4.21 Å². The van der Waals surface area contributed by atoms with Gasteiger partial charge in [0.25, 0.3) is 0 Å². The first-order chi connectivity index (χ1) is 4.27. The molecule has 0 aromatic carbocycles. The molecular formula is C3H8ClNO3S2. The number of rotatable bonds is 2.